The summed E-state index contributed by atoms with van der Waals surface area (Å²) >= 11 is 12.5. The topological polar surface area (TPSA) is 33.5 Å². The molecule has 0 aliphatic carbocycles. The van der Waals surface area contributed by atoms with Crippen molar-refractivity contribution in [2.75, 3.05) is 6.54 Å². The lowest BCUT2D eigenvalue weighted by Gasteiger charge is -2.14. The normalized spacial score (nSPS) is 16.6. The quantitative estimate of drug-likeness (QED) is 0.583. The SMILES string of the molecule is Cc1ccc(/C=C2\SC(=S)N(CCc3ccc(Cl)cc3)C2=O)o1. The molecule has 2 aromatic rings. The Labute approximate surface area is 149 Å². The second-order valence-corrected chi connectivity index (χ2v) is 7.27. The molecule has 2 heterocycles. The van der Waals surface area contributed by atoms with Gasteiger partial charge in [0.25, 0.3) is 5.91 Å². The summed E-state index contributed by atoms with van der Waals surface area (Å²) in [4.78, 5) is 14.7. The first-order valence-corrected chi connectivity index (χ1v) is 8.69. The van der Waals surface area contributed by atoms with Crippen LogP contribution in [0.25, 0.3) is 6.08 Å². The van der Waals surface area contributed by atoms with Gasteiger partial charge < -0.3 is 4.42 Å². The average Bonchev–Trinajstić information content (AvgIpc) is 3.04. The van der Waals surface area contributed by atoms with Crippen molar-refractivity contribution in [3.05, 3.63) is 63.4 Å². The molecule has 1 aliphatic heterocycles. The van der Waals surface area contributed by atoms with Gasteiger partial charge in [0.2, 0.25) is 0 Å². The van der Waals surface area contributed by atoms with Crippen LogP contribution in [0.5, 0.6) is 0 Å². The number of benzene rings is 1. The third-order valence-corrected chi connectivity index (χ3v) is 5.08. The van der Waals surface area contributed by atoms with Crippen molar-refractivity contribution in [1.29, 1.82) is 0 Å². The lowest BCUT2D eigenvalue weighted by molar-refractivity contribution is -0.122. The number of rotatable bonds is 4. The van der Waals surface area contributed by atoms with Crippen molar-refractivity contribution >= 4 is 51.9 Å². The van der Waals surface area contributed by atoms with Crippen molar-refractivity contribution in [2.24, 2.45) is 0 Å². The second kappa shape index (κ2) is 6.91. The van der Waals surface area contributed by atoms with Crippen molar-refractivity contribution in [1.82, 2.24) is 4.90 Å². The van der Waals surface area contributed by atoms with Gasteiger partial charge in [-0.3, -0.25) is 9.69 Å². The molecule has 0 bridgehead atoms. The number of amides is 1. The minimum Gasteiger partial charge on any atom is -0.462 e. The molecule has 1 aliphatic rings. The smallest absolute Gasteiger partial charge is 0.266 e. The van der Waals surface area contributed by atoms with Gasteiger partial charge in [0.1, 0.15) is 15.8 Å². The second-order valence-electron chi connectivity index (χ2n) is 5.16. The summed E-state index contributed by atoms with van der Waals surface area (Å²) in [6.07, 6.45) is 2.48. The maximum atomic E-state index is 12.5. The average molecular weight is 364 g/mol. The van der Waals surface area contributed by atoms with Crippen LogP contribution >= 0.6 is 35.6 Å². The first-order chi connectivity index (χ1) is 11.0. The third kappa shape index (κ3) is 3.86. The van der Waals surface area contributed by atoms with Crippen molar-refractivity contribution < 1.29 is 9.21 Å². The summed E-state index contributed by atoms with van der Waals surface area (Å²) in [5.74, 6) is 1.41. The summed E-state index contributed by atoms with van der Waals surface area (Å²) in [7, 11) is 0. The largest absolute Gasteiger partial charge is 0.462 e. The third-order valence-electron chi connectivity index (χ3n) is 3.45. The molecule has 6 heteroatoms. The minimum absolute atomic E-state index is 0.0667. The molecular formula is C17H14ClNO2S2. The zero-order valence-electron chi connectivity index (χ0n) is 12.4. The molecule has 0 N–H and O–H groups in total. The Bertz CT molecular complexity index is 780. The molecule has 1 aromatic carbocycles. The standard InChI is InChI=1S/C17H14ClNO2S2/c1-11-2-7-14(21-11)10-15-16(20)19(17(22)23-15)9-8-12-3-5-13(18)6-4-12/h2-7,10H,8-9H2,1H3/b15-10-. The van der Waals surface area contributed by atoms with Gasteiger partial charge in [-0.25, -0.2) is 0 Å². The predicted molar refractivity (Wildman–Crippen MR) is 98.5 cm³/mol. The van der Waals surface area contributed by atoms with Crippen LogP contribution in [0, 0.1) is 6.92 Å². The van der Waals surface area contributed by atoms with Gasteiger partial charge in [-0.15, -0.1) is 0 Å². The van der Waals surface area contributed by atoms with Crippen LogP contribution in [-0.2, 0) is 11.2 Å². The lowest BCUT2D eigenvalue weighted by Crippen LogP contribution is -2.30. The Morgan fingerprint density at radius 1 is 1.26 bits per heavy atom. The highest BCUT2D eigenvalue weighted by Crippen LogP contribution is 2.32. The number of thiocarbonyl (C=S) groups is 1. The van der Waals surface area contributed by atoms with E-state index in [1.54, 1.807) is 11.0 Å². The van der Waals surface area contributed by atoms with Crippen molar-refractivity contribution in [3.63, 3.8) is 0 Å². The number of furan rings is 1. The molecule has 3 nitrogen and oxygen atoms in total. The van der Waals surface area contributed by atoms with E-state index >= 15 is 0 Å². The van der Waals surface area contributed by atoms with E-state index in [4.69, 9.17) is 28.2 Å². The Balaban J connectivity index is 1.69. The van der Waals surface area contributed by atoms with Gasteiger partial charge in [0.15, 0.2) is 0 Å². The van der Waals surface area contributed by atoms with Crippen LogP contribution in [-0.4, -0.2) is 21.7 Å². The summed E-state index contributed by atoms with van der Waals surface area (Å²) in [6, 6.07) is 11.3. The van der Waals surface area contributed by atoms with Crippen LogP contribution < -0.4 is 0 Å². The minimum atomic E-state index is -0.0667. The molecule has 1 amide bonds. The number of halogens is 1. The molecule has 1 saturated heterocycles. The Morgan fingerprint density at radius 2 is 2.00 bits per heavy atom. The summed E-state index contributed by atoms with van der Waals surface area (Å²) in [5.41, 5.74) is 1.12. The number of carbonyl (C=O) groups excluding carboxylic acids is 1. The summed E-state index contributed by atoms with van der Waals surface area (Å²) in [6.45, 7) is 2.43. The Morgan fingerprint density at radius 3 is 2.65 bits per heavy atom. The van der Waals surface area contributed by atoms with E-state index in [0.29, 0.717) is 26.6 Å². The van der Waals surface area contributed by atoms with E-state index in [2.05, 4.69) is 0 Å². The number of carbonyl (C=O) groups is 1. The molecule has 1 aromatic heterocycles. The molecule has 3 rings (SSSR count). The van der Waals surface area contributed by atoms with Gasteiger partial charge in [-0.1, -0.05) is 47.7 Å². The molecule has 0 radical (unpaired) electrons. The van der Waals surface area contributed by atoms with Gasteiger partial charge in [-0.2, -0.15) is 0 Å². The summed E-state index contributed by atoms with van der Waals surface area (Å²) < 4.78 is 6.07. The first-order valence-electron chi connectivity index (χ1n) is 7.09. The van der Waals surface area contributed by atoms with Crippen LogP contribution in [0.3, 0.4) is 0 Å². The van der Waals surface area contributed by atoms with Gasteiger partial charge in [-0.05, 0) is 43.2 Å². The monoisotopic (exact) mass is 363 g/mol. The van der Waals surface area contributed by atoms with Crippen LogP contribution in [0.1, 0.15) is 17.1 Å². The van der Waals surface area contributed by atoms with E-state index in [-0.39, 0.29) is 5.91 Å². The number of aryl methyl sites for hydroxylation is 1. The Kier molecular flexibility index (Phi) is 4.90. The van der Waals surface area contributed by atoms with E-state index in [1.165, 1.54) is 11.8 Å². The fourth-order valence-corrected chi connectivity index (χ4v) is 3.66. The van der Waals surface area contributed by atoms with Gasteiger partial charge in [0.05, 0.1) is 4.91 Å². The zero-order chi connectivity index (χ0) is 16.4. The van der Waals surface area contributed by atoms with Crippen molar-refractivity contribution in [2.45, 2.75) is 13.3 Å². The molecule has 1 fully saturated rings. The maximum Gasteiger partial charge on any atom is 0.266 e. The van der Waals surface area contributed by atoms with Crippen LogP contribution in [0.15, 0.2) is 45.7 Å². The fraction of sp³-hybridized carbons (Fsp3) is 0.176. The number of thioether (sulfide) groups is 1. The molecule has 23 heavy (non-hydrogen) atoms. The predicted octanol–water partition coefficient (Wildman–Crippen LogP) is 4.69. The highest BCUT2D eigenvalue weighted by Gasteiger charge is 2.31. The number of hydrogen-bond donors (Lipinski definition) is 0. The van der Waals surface area contributed by atoms with Crippen LogP contribution in [0.2, 0.25) is 5.02 Å². The van der Waals surface area contributed by atoms with E-state index in [1.807, 2.05) is 43.3 Å². The lowest BCUT2D eigenvalue weighted by atomic mass is 10.1. The highest BCUT2D eigenvalue weighted by atomic mass is 35.5. The molecule has 0 atom stereocenters. The molecule has 0 spiro atoms. The van der Waals surface area contributed by atoms with Crippen molar-refractivity contribution in [3.8, 4) is 0 Å². The number of nitrogens with zero attached hydrogens (tertiary/aromatic N) is 1. The molecule has 0 saturated carbocycles. The molecule has 0 unspecified atom stereocenters. The Hall–Kier alpha value is -1.56. The molecule has 118 valence electrons. The molecular weight excluding hydrogens is 350 g/mol. The van der Waals surface area contributed by atoms with E-state index < -0.39 is 0 Å². The van der Waals surface area contributed by atoms with Gasteiger partial charge >= 0.3 is 0 Å². The van der Waals surface area contributed by atoms with Gasteiger partial charge in [0, 0.05) is 17.6 Å². The number of hydrogen-bond acceptors (Lipinski definition) is 4. The zero-order valence-corrected chi connectivity index (χ0v) is 14.8. The van der Waals surface area contributed by atoms with Crippen LogP contribution in [0.4, 0.5) is 0 Å². The van der Waals surface area contributed by atoms with E-state index in [9.17, 15) is 4.79 Å². The summed E-state index contributed by atoms with van der Waals surface area (Å²) in [5, 5.41) is 0.705. The highest BCUT2D eigenvalue weighted by molar-refractivity contribution is 8.26. The first kappa shape index (κ1) is 16.3. The maximum absolute atomic E-state index is 12.5. The fourth-order valence-electron chi connectivity index (χ4n) is 2.24. The van der Waals surface area contributed by atoms with E-state index in [0.717, 1.165) is 17.7 Å².